The molecule has 0 saturated carbocycles. The standard InChI is InChI=1S/C70H70Cl2N6O10/c71-57-25-21-47(22-26-57)29-33-75-69(85)61-39-55-43-77(41-53(55)37-59(61)67(83)73-31-9-7-15-65(81)87-45-51-11-3-1-4-12-51)63(79)35-49-17-19-50(20-18-49)36-64(80)78-42-54-38-60(68(84)74-32-10-8-16-66(82)88-46-52-13-5-2-6-14-52)62(40-56(54)44-78)70(86)76-34-30-48-23-27-58(72)28-24-48/h1-6,11-14,17-28,37-40H,7-10,15-16,29-36,41-46H2,(H,73,83)(H,74,84)(H,75,85)(H,76,86). The molecule has 0 fully saturated rings. The summed E-state index contributed by atoms with van der Waals surface area (Å²) in [5.41, 5.74) is 8.99. The summed E-state index contributed by atoms with van der Waals surface area (Å²) in [4.78, 5) is 111. The Hall–Kier alpha value is -9.12. The van der Waals surface area contributed by atoms with Gasteiger partial charge in [-0.2, -0.15) is 0 Å². The molecule has 0 aromatic heterocycles. The van der Waals surface area contributed by atoms with Crippen molar-refractivity contribution in [3.05, 3.63) is 246 Å². The lowest BCUT2D eigenvalue weighted by Crippen LogP contribution is -2.31. The van der Waals surface area contributed by atoms with Crippen LogP contribution in [0.4, 0.5) is 0 Å². The highest BCUT2D eigenvalue weighted by atomic mass is 35.5. The number of fused-ring (bicyclic) bond motifs is 2. The van der Waals surface area contributed by atoms with Gasteiger partial charge in [-0.3, -0.25) is 38.4 Å². The number of hydrogen-bond acceptors (Lipinski definition) is 10. The molecule has 2 heterocycles. The maximum absolute atomic E-state index is 13.9. The van der Waals surface area contributed by atoms with Crippen molar-refractivity contribution < 1.29 is 47.8 Å². The van der Waals surface area contributed by atoms with Gasteiger partial charge in [0.2, 0.25) is 11.8 Å². The first-order chi connectivity index (χ1) is 42.7. The van der Waals surface area contributed by atoms with Crippen molar-refractivity contribution >= 4 is 70.6 Å². The van der Waals surface area contributed by atoms with E-state index in [2.05, 4.69) is 21.3 Å². The lowest BCUT2D eigenvalue weighted by atomic mass is 9.98. The quantitative estimate of drug-likeness (QED) is 0.0269. The topological polar surface area (TPSA) is 210 Å². The van der Waals surface area contributed by atoms with Gasteiger partial charge in [-0.05, 0) is 143 Å². The number of nitrogens with one attached hydrogen (secondary N) is 4. The third-order valence-corrected chi connectivity index (χ3v) is 15.9. The van der Waals surface area contributed by atoms with E-state index in [0.717, 1.165) is 55.6 Å². The molecule has 0 aliphatic carbocycles. The monoisotopic (exact) mass is 1220 g/mol. The van der Waals surface area contributed by atoms with Gasteiger partial charge in [-0.15, -0.1) is 0 Å². The number of ether oxygens (including phenoxy) is 2. The zero-order valence-corrected chi connectivity index (χ0v) is 50.4. The molecule has 0 bridgehead atoms. The molecule has 6 amide bonds. The first kappa shape index (κ1) is 63.4. The third kappa shape index (κ3) is 18.5. The molecule has 0 saturated heterocycles. The summed E-state index contributed by atoms with van der Waals surface area (Å²) in [5, 5.41) is 13.0. The van der Waals surface area contributed by atoms with E-state index in [4.69, 9.17) is 32.7 Å². The Bertz CT molecular complexity index is 3390. The number of halogens is 2. The van der Waals surface area contributed by atoms with Crippen molar-refractivity contribution in [2.75, 3.05) is 26.2 Å². The molecule has 0 unspecified atom stereocenters. The van der Waals surface area contributed by atoms with Crippen LogP contribution < -0.4 is 21.3 Å². The van der Waals surface area contributed by atoms with Crippen LogP contribution in [0.25, 0.3) is 0 Å². The number of nitrogens with zero attached hydrogens (tertiary/aromatic N) is 2. The second-order valence-electron chi connectivity index (χ2n) is 22.0. The summed E-state index contributed by atoms with van der Waals surface area (Å²) >= 11 is 12.1. The minimum absolute atomic E-state index is 0.0750. The van der Waals surface area contributed by atoms with Gasteiger partial charge in [0.15, 0.2) is 0 Å². The molecule has 7 aromatic carbocycles. The summed E-state index contributed by atoms with van der Waals surface area (Å²) in [6.07, 6.45) is 3.63. The molecule has 0 atom stereocenters. The zero-order chi connectivity index (χ0) is 61.8. The highest BCUT2D eigenvalue weighted by molar-refractivity contribution is 6.30. The van der Waals surface area contributed by atoms with Gasteiger partial charge in [0.05, 0.1) is 35.1 Å². The highest BCUT2D eigenvalue weighted by Crippen LogP contribution is 2.30. The van der Waals surface area contributed by atoms with Gasteiger partial charge >= 0.3 is 11.9 Å². The minimum Gasteiger partial charge on any atom is -0.461 e. The maximum atomic E-state index is 13.9. The Labute approximate surface area is 522 Å². The van der Waals surface area contributed by atoms with E-state index in [9.17, 15) is 38.4 Å². The third-order valence-electron chi connectivity index (χ3n) is 15.4. The largest absolute Gasteiger partial charge is 0.461 e. The SMILES string of the molecule is O=C(CCCCNC(=O)c1cc2c(cc1C(=O)NCCc1ccc(Cl)cc1)CN(C(=O)Cc1ccc(CC(=O)N3Cc4cc(C(=O)NCCCCC(=O)OCc5ccccc5)c(C(=O)NCCc5ccc(Cl)cc5)cc4C3)cc1)C2)OCc1ccccc1. The summed E-state index contributed by atoms with van der Waals surface area (Å²) in [6.45, 7) is 2.49. The van der Waals surface area contributed by atoms with Crippen LogP contribution in [0.15, 0.2) is 158 Å². The zero-order valence-electron chi connectivity index (χ0n) is 48.9. The highest BCUT2D eigenvalue weighted by Gasteiger charge is 2.30. The number of rotatable bonds is 28. The van der Waals surface area contributed by atoms with Crippen LogP contribution in [0.1, 0.15) is 136 Å². The molecule has 2 aliphatic heterocycles. The fourth-order valence-electron chi connectivity index (χ4n) is 10.5. The normalized spacial score (nSPS) is 12.2. The fraction of sp³-hybridized carbons (Fsp3) is 0.286. The summed E-state index contributed by atoms with van der Waals surface area (Å²) < 4.78 is 10.8. The van der Waals surface area contributed by atoms with E-state index in [-0.39, 0.29) is 124 Å². The van der Waals surface area contributed by atoms with Crippen molar-refractivity contribution in [2.24, 2.45) is 0 Å². The molecule has 454 valence electrons. The van der Waals surface area contributed by atoms with Gasteiger partial charge in [0, 0.05) is 75.2 Å². The van der Waals surface area contributed by atoms with Crippen molar-refractivity contribution in [1.29, 1.82) is 0 Å². The summed E-state index contributed by atoms with van der Waals surface area (Å²) in [6, 6.07) is 47.6. The first-order valence-electron chi connectivity index (χ1n) is 29.7. The van der Waals surface area contributed by atoms with Gasteiger partial charge in [-0.1, -0.05) is 132 Å². The predicted molar refractivity (Wildman–Crippen MR) is 335 cm³/mol. The molecular formula is C70H70Cl2N6O10. The lowest BCUT2D eigenvalue weighted by molar-refractivity contribution is -0.146. The maximum Gasteiger partial charge on any atom is 0.306 e. The van der Waals surface area contributed by atoms with Crippen molar-refractivity contribution in [2.45, 2.75) is 104 Å². The van der Waals surface area contributed by atoms with Crippen LogP contribution in [0.3, 0.4) is 0 Å². The number of esters is 2. The van der Waals surface area contributed by atoms with Gasteiger partial charge in [0.1, 0.15) is 13.2 Å². The van der Waals surface area contributed by atoms with Crippen LogP contribution in [-0.4, -0.2) is 83.4 Å². The second-order valence-corrected chi connectivity index (χ2v) is 22.9. The number of benzene rings is 7. The van der Waals surface area contributed by atoms with Gasteiger partial charge in [-0.25, -0.2) is 0 Å². The molecular weight excluding hydrogens is 1160 g/mol. The van der Waals surface area contributed by atoms with Crippen LogP contribution in [-0.2, 0) is 93.7 Å². The Morgan fingerprint density at radius 2 is 0.670 bits per heavy atom. The molecule has 18 heteroatoms. The molecule has 0 spiro atoms. The second kappa shape index (κ2) is 31.5. The summed E-state index contributed by atoms with van der Waals surface area (Å²) in [5.74, 6) is -2.70. The molecule has 88 heavy (non-hydrogen) atoms. The predicted octanol–water partition coefficient (Wildman–Crippen LogP) is 10.4. The molecule has 7 aromatic rings. The van der Waals surface area contributed by atoms with Gasteiger partial charge in [0.25, 0.3) is 23.6 Å². The molecule has 16 nitrogen and oxygen atoms in total. The Morgan fingerprint density at radius 3 is 1.00 bits per heavy atom. The van der Waals surface area contributed by atoms with Crippen LogP contribution in [0.2, 0.25) is 10.0 Å². The Balaban J connectivity index is 0.781. The van der Waals surface area contributed by atoms with Gasteiger partial charge < -0.3 is 40.5 Å². The number of amides is 6. The Morgan fingerprint density at radius 1 is 0.364 bits per heavy atom. The number of carbonyl (C=O) groups is 8. The summed E-state index contributed by atoms with van der Waals surface area (Å²) in [7, 11) is 0. The van der Waals surface area contributed by atoms with Crippen LogP contribution in [0, 0.1) is 0 Å². The van der Waals surface area contributed by atoms with E-state index >= 15 is 0 Å². The van der Waals surface area contributed by atoms with E-state index in [1.165, 1.54) is 0 Å². The number of hydrogen-bond donors (Lipinski definition) is 4. The number of unbranched alkanes of at least 4 members (excludes halogenated alkanes) is 2. The Kier molecular flexibility index (Phi) is 22.7. The van der Waals surface area contributed by atoms with E-state index < -0.39 is 23.6 Å². The fourth-order valence-corrected chi connectivity index (χ4v) is 10.7. The van der Waals surface area contributed by atoms with Crippen molar-refractivity contribution in [1.82, 2.24) is 31.1 Å². The molecule has 9 rings (SSSR count). The average Bonchev–Trinajstić information content (AvgIpc) is 2.73. The van der Waals surface area contributed by atoms with Crippen LogP contribution in [0.5, 0.6) is 0 Å². The minimum atomic E-state index is -0.444. The van der Waals surface area contributed by atoms with E-state index in [1.54, 1.807) is 58.3 Å². The first-order valence-corrected chi connectivity index (χ1v) is 30.4. The van der Waals surface area contributed by atoms with Crippen molar-refractivity contribution in [3.63, 3.8) is 0 Å². The average molecular weight is 1230 g/mol. The lowest BCUT2D eigenvalue weighted by Gasteiger charge is -2.16. The van der Waals surface area contributed by atoms with E-state index in [0.29, 0.717) is 61.7 Å². The molecule has 0 radical (unpaired) electrons. The smallest absolute Gasteiger partial charge is 0.306 e. The van der Waals surface area contributed by atoms with Crippen LogP contribution >= 0.6 is 23.2 Å². The van der Waals surface area contributed by atoms with Crippen molar-refractivity contribution in [3.8, 4) is 0 Å². The number of carbonyl (C=O) groups excluding carboxylic acids is 8. The molecule has 4 N–H and O–H groups in total. The molecule has 2 aliphatic rings. The van der Waals surface area contributed by atoms with E-state index in [1.807, 2.05) is 109 Å².